The maximum Gasteiger partial charge on any atom is 0.407 e. The van der Waals surface area contributed by atoms with Gasteiger partial charge in [-0.1, -0.05) is 6.42 Å². The summed E-state index contributed by atoms with van der Waals surface area (Å²) in [6.45, 7) is 2.09. The van der Waals surface area contributed by atoms with Crippen LogP contribution in [0.5, 0.6) is 0 Å². The second kappa shape index (κ2) is 7.23. The number of alkyl halides is 1. The Morgan fingerprint density at radius 3 is 2.62 bits per heavy atom. The molecular formula is C16H26FNO3. The topological polar surface area (TPSA) is 55.4 Å². The molecule has 0 radical (unpaired) electrons. The number of Topliss-reactive ketones (excluding diaryl/α,β-unsaturated/α-hetero) is 1. The fourth-order valence-electron chi connectivity index (χ4n) is 3.01. The molecule has 2 fully saturated rings. The van der Waals surface area contributed by atoms with E-state index in [-0.39, 0.29) is 11.8 Å². The first-order valence-corrected chi connectivity index (χ1v) is 8.11. The Kier molecular flexibility index (Phi) is 5.59. The van der Waals surface area contributed by atoms with Crippen molar-refractivity contribution < 1.29 is 18.7 Å². The molecule has 5 heteroatoms. The predicted octanol–water partition coefficient (Wildman–Crippen LogP) is 3.53. The maximum absolute atomic E-state index is 13.7. The van der Waals surface area contributed by atoms with Crippen molar-refractivity contribution in [3.63, 3.8) is 0 Å². The van der Waals surface area contributed by atoms with E-state index in [1.165, 1.54) is 0 Å². The largest absolute Gasteiger partial charge is 0.450 e. The van der Waals surface area contributed by atoms with Gasteiger partial charge in [-0.2, -0.15) is 0 Å². The van der Waals surface area contributed by atoms with Gasteiger partial charge in [0.05, 0.1) is 12.6 Å². The van der Waals surface area contributed by atoms with Crippen molar-refractivity contribution in [2.45, 2.75) is 76.4 Å². The molecule has 0 saturated heterocycles. The number of alkyl carbamates (subject to hydrolysis) is 1. The van der Waals surface area contributed by atoms with Gasteiger partial charge >= 0.3 is 6.09 Å². The second-order valence-corrected chi connectivity index (χ2v) is 6.69. The highest BCUT2D eigenvalue weighted by atomic mass is 19.1. The smallest absolute Gasteiger partial charge is 0.407 e. The molecule has 1 N–H and O–H groups in total. The van der Waals surface area contributed by atoms with Gasteiger partial charge in [0, 0.05) is 6.42 Å². The monoisotopic (exact) mass is 299 g/mol. The van der Waals surface area contributed by atoms with E-state index in [2.05, 4.69) is 5.32 Å². The third-order valence-corrected chi connectivity index (χ3v) is 4.75. The third kappa shape index (κ3) is 5.29. The summed E-state index contributed by atoms with van der Waals surface area (Å²) in [5.74, 6) is 0.708. The molecule has 0 unspecified atom stereocenters. The van der Waals surface area contributed by atoms with Crippen LogP contribution in [0.25, 0.3) is 0 Å². The van der Waals surface area contributed by atoms with E-state index in [0.29, 0.717) is 31.8 Å². The van der Waals surface area contributed by atoms with E-state index >= 15 is 0 Å². The van der Waals surface area contributed by atoms with Crippen molar-refractivity contribution >= 4 is 11.9 Å². The Bertz CT molecular complexity index is 374. The molecule has 0 aromatic rings. The zero-order valence-corrected chi connectivity index (χ0v) is 12.8. The second-order valence-electron chi connectivity index (χ2n) is 6.69. The van der Waals surface area contributed by atoms with Crippen LogP contribution in [0, 0.1) is 5.92 Å². The van der Waals surface area contributed by atoms with Gasteiger partial charge < -0.3 is 10.1 Å². The van der Waals surface area contributed by atoms with Crippen LogP contribution in [0.1, 0.15) is 64.7 Å². The lowest BCUT2D eigenvalue weighted by Gasteiger charge is -2.31. The molecule has 0 heterocycles. The van der Waals surface area contributed by atoms with Crippen molar-refractivity contribution in [2.75, 3.05) is 6.61 Å². The molecule has 4 nitrogen and oxygen atoms in total. The lowest BCUT2D eigenvalue weighted by molar-refractivity contribution is -0.126. The highest BCUT2D eigenvalue weighted by molar-refractivity contribution is 5.92. The number of ketones is 1. The molecule has 2 aliphatic carbocycles. The number of hydrogen-bond acceptors (Lipinski definition) is 3. The SMILES string of the molecule is CC1(F)CCC(CCCCOC(=O)N[C@H]2CCC2=O)CC1. The average Bonchev–Trinajstić information content (AvgIpc) is 2.44. The maximum atomic E-state index is 13.7. The molecular weight excluding hydrogens is 273 g/mol. The number of halogens is 1. The number of ether oxygens (including phenoxy) is 1. The van der Waals surface area contributed by atoms with Gasteiger partial charge in [0.1, 0.15) is 5.67 Å². The molecule has 120 valence electrons. The zero-order valence-electron chi connectivity index (χ0n) is 12.8. The average molecular weight is 299 g/mol. The molecule has 0 aromatic heterocycles. The first kappa shape index (κ1) is 16.2. The summed E-state index contributed by atoms with van der Waals surface area (Å²) in [6.07, 6.45) is 7.00. The van der Waals surface area contributed by atoms with Crippen LogP contribution in [0.4, 0.5) is 9.18 Å². The highest BCUT2D eigenvalue weighted by Crippen LogP contribution is 2.36. The van der Waals surface area contributed by atoms with Gasteiger partial charge in [-0.25, -0.2) is 9.18 Å². The summed E-state index contributed by atoms with van der Waals surface area (Å²) in [5, 5.41) is 2.56. The van der Waals surface area contributed by atoms with Crippen LogP contribution in [0.2, 0.25) is 0 Å². The summed E-state index contributed by atoms with van der Waals surface area (Å²) in [5.41, 5.74) is -0.962. The van der Waals surface area contributed by atoms with Crippen LogP contribution >= 0.6 is 0 Å². The van der Waals surface area contributed by atoms with Crippen LogP contribution in [-0.2, 0) is 9.53 Å². The number of unbranched alkanes of at least 4 members (excludes halogenated alkanes) is 1. The minimum atomic E-state index is -0.962. The molecule has 0 spiro atoms. The quantitative estimate of drug-likeness (QED) is 0.763. The van der Waals surface area contributed by atoms with Crippen molar-refractivity contribution in [1.29, 1.82) is 0 Å². The Labute approximate surface area is 125 Å². The Morgan fingerprint density at radius 1 is 1.33 bits per heavy atom. The molecule has 2 saturated carbocycles. The molecule has 0 aromatic carbocycles. The van der Waals surface area contributed by atoms with E-state index in [9.17, 15) is 14.0 Å². The minimum absolute atomic E-state index is 0.0871. The summed E-state index contributed by atoms with van der Waals surface area (Å²) < 4.78 is 18.7. The van der Waals surface area contributed by atoms with Crippen LogP contribution in [-0.4, -0.2) is 30.2 Å². The molecule has 1 atom stereocenters. The van der Waals surface area contributed by atoms with Crippen molar-refractivity contribution in [3.05, 3.63) is 0 Å². The van der Waals surface area contributed by atoms with E-state index in [4.69, 9.17) is 4.74 Å². The summed E-state index contributed by atoms with van der Waals surface area (Å²) in [7, 11) is 0. The fraction of sp³-hybridized carbons (Fsp3) is 0.875. The molecule has 1 amide bonds. The highest BCUT2D eigenvalue weighted by Gasteiger charge is 2.30. The lowest BCUT2D eigenvalue weighted by atomic mass is 9.79. The molecule has 2 aliphatic rings. The van der Waals surface area contributed by atoms with Gasteiger partial charge in [-0.05, 0) is 57.8 Å². The van der Waals surface area contributed by atoms with Gasteiger partial charge in [-0.15, -0.1) is 0 Å². The fourth-order valence-corrected chi connectivity index (χ4v) is 3.01. The van der Waals surface area contributed by atoms with Gasteiger partial charge in [0.2, 0.25) is 0 Å². The van der Waals surface area contributed by atoms with E-state index < -0.39 is 11.8 Å². The number of amides is 1. The van der Waals surface area contributed by atoms with Gasteiger partial charge in [0.15, 0.2) is 5.78 Å². The molecule has 0 aliphatic heterocycles. The molecule has 2 rings (SSSR count). The molecule has 0 bridgehead atoms. The zero-order chi connectivity index (χ0) is 15.3. The Balaban J connectivity index is 1.46. The van der Waals surface area contributed by atoms with Crippen LogP contribution in [0.3, 0.4) is 0 Å². The number of rotatable bonds is 6. The molecule has 21 heavy (non-hydrogen) atoms. The standard InChI is InChI=1S/C16H26FNO3/c1-16(17)9-7-12(8-10-16)4-2-3-11-21-15(20)18-13-5-6-14(13)19/h12-13H,2-11H2,1H3,(H,18,20)/t12?,13-,16?/m0/s1. The van der Waals surface area contributed by atoms with Gasteiger partial charge in [-0.3, -0.25) is 4.79 Å². The van der Waals surface area contributed by atoms with E-state index in [0.717, 1.165) is 38.5 Å². The van der Waals surface area contributed by atoms with E-state index in [1.807, 2.05) is 0 Å². The predicted molar refractivity (Wildman–Crippen MR) is 77.8 cm³/mol. The number of nitrogens with one attached hydrogen (secondary N) is 1. The first-order chi connectivity index (χ1) is 9.96. The van der Waals surface area contributed by atoms with Gasteiger partial charge in [0.25, 0.3) is 0 Å². The van der Waals surface area contributed by atoms with Crippen molar-refractivity contribution in [3.8, 4) is 0 Å². The van der Waals surface area contributed by atoms with Crippen LogP contribution in [0.15, 0.2) is 0 Å². The number of hydrogen-bond donors (Lipinski definition) is 1. The minimum Gasteiger partial charge on any atom is -0.450 e. The van der Waals surface area contributed by atoms with Crippen molar-refractivity contribution in [1.82, 2.24) is 5.32 Å². The Hall–Kier alpha value is -1.13. The third-order valence-electron chi connectivity index (χ3n) is 4.75. The number of carbonyl (C=O) groups excluding carboxylic acids is 2. The van der Waals surface area contributed by atoms with Crippen LogP contribution < -0.4 is 5.32 Å². The summed E-state index contributed by atoms with van der Waals surface area (Å²) in [6, 6.07) is -0.324. The lowest BCUT2D eigenvalue weighted by Crippen LogP contribution is -2.47. The number of carbonyl (C=O) groups is 2. The first-order valence-electron chi connectivity index (χ1n) is 8.11. The normalized spacial score (nSPS) is 32.4. The Morgan fingerprint density at radius 2 is 2.05 bits per heavy atom. The van der Waals surface area contributed by atoms with Crippen molar-refractivity contribution in [2.24, 2.45) is 5.92 Å². The summed E-state index contributed by atoms with van der Waals surface area (Å²) in [4.78, 5) is 22.5. The van der Waals surface area contributed by atoms with E-state index in [1.54, 1.807) is 6.92 Å². The summed E-state index contributed by atoms with van der Waals surface area (Å²) >= 11 is 0.